The lowest BCUT2D eigenvalue weighted by Crippen LogP contribution is -2.61. The largest absolute Gasteiger partial charge is 0.497 e. The molecule has 5 rings (SSSR count). The van der Waals surface area contributed by atoms with E-state index in [1.54, 1.807) is 7.11 Å². The lowest BCUT2D eigenvalue weighted by Gasteiger charge is -2.49. The van der Waals surface area contributed by atoms with Crippen molar-refractivity contribution >= 4 is 17.3 Å². The SMILES string of the molecule is COc1ccc2c(c1)N1CCN(c3ccccc3)C[C@@H]1[C@H](C(=O)N[C@@H](C)c1ccccc1)C2. The Balaban J connectivity index is 1.44. The molecule has 3 atom stereocenters. The third-order valence-corrected chi connectivity index (χ3v) is 7.04. The summed E-state index contributed by atoms with van der Waals surface area (Å²) in [4.78, 5) is 18.5. The minimum absolute atomic E-state index is 0.0294. The Kier molecular flexibility index (Phi) is 5.95. The number of carbonyl (C=O) groups excluding carboxylic acids is 1. The predicted octanol–water partition coefficient (Wildman–Crippen LogP) is 4.44. The first-order valence-electron chi connectivity index (χ1n) is 11.7. The quantitative estimate of drug-likeness (QED) is 0.636. The molecule has 2 aliphatic rings. The van der Waals surface area contributed by atoms with Gasteiger partial charge < -0.3 is 19.9 Å². The second-order valence-corrected chi connectivity index (χ2v) is 8.99. The molecule has 0 bridgehead atoms. The number of methoxy groups -OCH3 is 1. The van der Waals surface area contributed by atoms with Gasteiger partial charge >= 0.3 is 0 Å². The molecule has 0 aromatic heterocycles. The van der Waals surface area contributed by atoms with Crippen LogP contribution in [0.4, 0.5) is 11.4 Å². The van der Waals surface area contributed by atoms with Crippen LogP contribution in [0.15, 0.2) is 78.9 Å². The van der Waals surface area contributed by atoms with Gasteiger partial charge in [0.2, 0.25) is 5.91 Å². The van der Waals surface area contributed by atoms with Gasteiger partial charge in [0.25, 0.3) is 0 Å². The third kappa shape index (κ3) is 4.28. The number of nitrogens with zero attached hydrogens (tertiary/aromatic N) is 2. The van der Waals surface area contributed by atoms with Crippen LogP contribution in [0.1, 0.15) is 24.1 Å². The van der Waals surface area contributed by atoms with Crippen LogP contribution in [-0.4, -0.2) is 38.7 Å². The third-order valence-electron chi connectivity index (χ3n) is 7.04. The van der Waals surface area contributed by atoms with Gasteiger partial charge in [-0.25, -0.2) is 0 Å². The summed E-state index contributed by atoms with van der Waals surface area (Å²) in [5, 5.41) is 3.30. The van der Waals surface area contributed by atoms with Crippen molar-refractivity contribution in [2.24, 2.45) is 5.92 Å². The molecule has 0 radical (unpaired) electrons. The minimum atomic E-state index is -0.122. The molecule has 1 saturated heterocycles. The molecule has 33 heavy (non-hydrogen) atoms. The molecule has 3 aromatic rings. The summed E-state index contributed by atoms with van der Waals surface area (Å²) in [5.74, 6) is 0.861. The van der Waals surface area contributed by atoms with Crippen molar-refractivity contribution < 1.29 is 9.53 Å². The van der Waals surface area contributed by atoms with Gasteiger partial charge in [0, 0.05) is 37.1 Å². The monoisotopic (exact) mass is 441 g/mol. The van der Waals surface area contributed by atoms with Gasteiger partial charge in [-0.05, 0) is 42.7 Å². The first kappa shape index (κ1) is 21.4. The Morgan fingerprint density at radius 3 is 2.45 bits per heavy atom. The number of benzene rings is 3. The van der Waals surface area contributed by atoms with E-state index in [1.165, 1.54) is 16.9 Å². The Morgan fingerprint density at radius 1 is 1.00 bits per heavy atom. The highest BCUT2D eigenvalue weighted by molar-refractivity contribution is 5.83. The maximum absolute atomic E-state index is 13.6. The zero-order chi connectivity index (χ0) is 22.8. The molecule has 1 fully saturated rings. The van der Waals surface area contributed by atoms with Gasteiger partial charge in [0.05, 0.1) is 25.1 Å². The summed E-state index contributed by atoms with van der Waals surface area (Å²) in [6, 6.07) is 27.0. The lowest BCUT2D eigenvalue weighted by atomic mass is 9.83. The number of para-hydroxylation sites is 1. The van der Waals surface area contributed by atoms with Crippen molar-refractivity contribution in [2.75, 3.05) is 36.5 Å². The molecule has 2 aliphatic heterocycles. The van der Waals surface area contributed by atoms with E-state index < -0.39 is 0 Å². The van der Waals surface area contributed by atoms with Crippen molar-refractivity contribution in [1.29, 1.82) is 0 Å². The molecule has 1 N–H and O–H groups in total. The fourth-order valence-corrected chi connectivity index (χ4v) is 5.22. The van der Waals surface area contributed by atoms with Gasteiger partial charge in [-0.3, -0.25) is 4.79 Å². The van der Waals surface area contributed by atoms with Gasteiger partial charge in [0.1, 0.15) is 5.75 Å². The summed E-state index contributed by atoms with van der Waals surface area (Å²) in [5.41, 5.74) is 4.75. The zero-order valence-electron chi connectivity index (χ0n) is 19.3. The second-order valence-electron chi connectivity index (χ2n) is 8.99. The molecule has 0 unspecified atom stereocenters. The molecule has 170 valence electrons. The number of fused-ring (bicyclic) bond motifs is 3. The number of hydrogen-bond acceptors (Lipinski definition) is 4. The van der Waals surface area contributed by atoms with E-state index in [0.717, 1.165) is 37.4 Å². The first-order chi connectivity index (χ1) is 16.1. The summed E-state index contributed by atoms with van der Waals surface area (Å²) >= 11 is 0. The standard InChI is InChI=1S/C28H31N3O2/c1-20(21-9-5-3-6-10-21)29-28(32)25-17-22-13-14-24(33-2)18-26(22)31-16-15-30(19-27(25)31)23-11-7-4-8-12-23/h3-14,18,20,25,27H,15-17,19H2,1-2H3,(H,29,32)/t20-,25+,27+/m0/s1. The highest BCUT2D eigenvalue weighted by Gasteiger charge is 2.42. The van der Waals surface area contributed by atoms with E-state index in [0.29, 0.717) is 0 Å². The average molecular weight is 442 g/mol. The van der Waals surface area contributed by atoms with Gasteiger partial charge in [-0.1, -0.05) is 54.6 Å². The predicted molar refractivity (Wildman–Crippen MR) is 133 cm³/mol. The summed E-state index contributed by atoms with van der Waals surface area (Å²) in [6.45, 7) is 4.67. The lowest BCUT2D eigenvalue weighted by molar-refractivity contribution is -0.126. The van der Waals surface area contributed by atoms with E-state index in [9.17, 15) is 4.79 Å². The van der Waals surface area contributed by atoms with Crippen LogP contribution in [0.25, 0.3) is 0 Å². The van der Waals surface area contributed by atoms with Crippen molar-refractivity contribution in [2.45, 2.75) is 25.4 Å². The van der Waals surface area contributed by atoms with Crippen molar-refractivity contribution in [1.82, 2.24) is 5.32 Å². The molecule has 0 aliphatic carbocycles. The van der Waals surface area contributed by atoms with E-state index in [4.69, 9.17) is 4.74 Å². The Labute approximate surface area is 196 Å². The molecule has 0 spiro atoms. The van der Waals surface area contributed by atoms with E-state index in [1.807, 2.05) is 30.3 Å². The van der Waals surface area contributed by atoms with Crippen LogP contribution in [0, 0.1) is 5.92 Å². The van der Waals surface area contributed by atoms with Crippen LogP contribution in [-0.2, 0) is 11.2 Å². The van der Waals surface area contributed by atoms with Gasteiger partial charge in [0.15, 0.2) is 0 Å². The molecule has 2 heterocycles. The Hall–Kier alpha value is -3.47. The van der Waals surface area contributed by atoms with E-state index in [-0.39, 0.29) is 23.9 Å². The van der Waals surface area contributed by atoms with E-state index >= 15 is 0 Å². The highest BCUT2D eigenvalue weighted by Crippen LogP contribution is 2.39. The zero-order valence-corrected chi connectivity index (χ0v) is 19.3. The number of rotatable bonds is 5. The van der Waals surface area contributed by atoms with Crippen molar-refractivity contribution in [3.05, 3.63) is 90.0 Å². The second kappa shape index (κ2) is 9.18. The molecular formula is C28H31N3O2. The number of nitrogens with one attached hydrogen (secondary N) is 1. The number of ether oxygens (including phenoxy) is 1. The first-order valence-corrected chi connectivity index (χ1v) is 11.7. The Bertz CT molecular complexity index is 1100. The summed E-state index contributed by atoms with van der Waals surface area (Å²) < 4.78 is 5.51. The van der Waals surface area contributed by atoms with Crippen molar-refractivity contribution in [3.8, 4) is 5.75 Å². The van der Waals surface area contributed by atoms with E-state index in [2.05, 4.69) is 70.6 Å². The number of piperazine rings is 1. The molecule has 5 nitrogen and oxygen atoms in total. The van der Waals surface area contributed by atoms with Crippen molar-refractivity contribution in [3.63, 3.8) is 0 Å². The fraction of sp³-hybridized carbons (Fsp3) is 0.321. The average Bonchev–Trinajstić information content (AvgIpc) is 2.88. The molecular weight excluding hydrogens is 410 g/mol. The van der Waals surface area contributed by atoms with Crippen LogP contribution in [0.2, 0.25) is 0 Å². The summed E-state index contributed by atoms with van der Waals surface area (Å²) in [6.07, 6.45) is 0.733. The topological polar surface area (TPSA) is 44.8 Å². The maximum atomic E-state index is 13.6. The maximum Gasteiger partial charge on any atom is 0.226 e. The minimum Gasteiger partial charge on any atom is -0.497 e. The molecule has 1 amide bonds. The normalized spacial score (nSPS) is 20.4. The number of anilines is 2. The molecule has 5 heteroatoms. The molecule has 3 aromatic carbocycles. The highest BCUT2D eigenvalue weighted by atomic mass is 16.5. The summed E-state index contributed by atoms with van der Waals surface area (Å²) in [7, 11) is 1.70. The van der Waals surface area contributed by atoms with Crippen LogP contribution < -0.4 is 19.9 Å². The van der Waals surface area contributed by atoms with Gasteiger partial charge in [-0.15, -0.1) is 0 Å². The fourth-order valence-electron chi connectivity index (χ4n) is 5.22. The van der Waals surface area contributed by atoms with Gasteiger partial charge in [-0.2, -0.15) is 0 Å². The van der Waals surface area contributed by atoms with Crippen LogP contribution in [0.3, 0.4) is 0 Å². The molecule has 0 saturated carbocycles. The Morgan fingerprint density at radius 2 is 1.73 bits per heavy atom. The number of carbonyl (C=O) groups is 1. The van der Waals surface area contributed by atoms with Crippen LogP contribution >= 0.6 is 0 Å². The van der Waals surface area contributed by atoms with Crippen LogP contribution in [0.5, 0.6) is 5.75 Å². The number of hydrogen-bond donors (Lipinski definition) is 1. The smallest absolute Gasteiger partial charge is 0.226 e. The number of amides is 1.